The molecular weight excluding hydrogens is 303 g/mol. The van der Waals surface area contributed by atoms with Crippen molar-refractivity contribution in [2.75, 3.05) is 0 Å². The van der Waals surface area contributed by atoms with Gasteiger partial charge in [-0.15, -0.1) is 0 Å². The van der Waals surface area contributed by atoms with Crippen molar-refractivity contribution in [1.29, 1.82) is 0 Å². The van der Waals surface area contributed by atoms with Crippen LogP contribution in [0.5, 0.6) is 10.8 Å². The number of carbonyl (C=O) groups excluding carboxylic acids is 1. The Labute approximate surface area is 122 Å². The van der Waals surface area contributed by atoms with Crippen molar-refractivity contribution in [1.82, 2.24) is 0 Å². The molecule has 0 unspecified atom stereocenters. The van der Waals surface area contributed by atoms with E-state index in [1.807, 2.05) is 0 Å². The number of hydrogen-bond donors (Lipinski definition) is 1. The molecule has 0 bridgehead atoms. The molecule has 7 heteroatoms. The van der Waals surface area contributed by atoms with Gasteiger partial charge in [0.2, 0.25) is 5.91 Å². The van der Waals surface area contributed by atoms with E-state index in [0.29, 0.717) is 9.94 Å². The molecule has 0 fully saturated rings. The van der Waals surface area contributed by atoms with Crippen molar-refractivity contribution in [2.24, 2.45) is 5.73 Å². The molecule has 0 atom stereocenters. The molecule has 2 rings (SSSR count). The topological polar surface area (TPSA) is 52.3 Å². The second kappa shape index (κ2) is 5.61. The smallest absolute Gasteiger partial charge is 0.416 e. The number of alkyl halides is 3. The molecule has 0 radical (unpaired) electrons. The van der Waals surface area contributed by atoms with Gasteiger partial charge < -0.3 is 10.5 Å². The van der Waals surface area contributed by atoms with Gasteiger partial charge in [0, 0.05) is 10.5 Å². The molecule has 0 aliphatic carbocycles. The standard InChI is InChI=1S/C14H10F3NO2S/c1-8(13(18)19)11-5-6-12(21-11)20-10-4-2-3-9(7-10)14(15,16)17/h2-7H,1H2,(H2,18,19). The number of amides is 1. The zero-order valence-electron chi connectivity index (χ0n) is 10.6. The van der Waals surface area contributed by atoms with Crippen LogP contribution in [0.3, 0.4) is 0 Å². The predicted octanol–water partition coefficient (Wildman–Crippen LogP) is 4.06. The van der Waals surface area contributed by atoms with Crippen molar-refractivity contribution >= 4 is 22.8 Å². The van der Waals surface area contributed by atoms with Gasteiger partial charge in [0.15, 0.2) is 5.06 Å². The van der Waals surface area contributed by atoms with Crippen LogP contribution in [-0.2, 0) is 11.0 Å². The average molecular weight is 313 g/mol. The highest BCUT2D eigenvalue weighted by Gasteiger charge is 2.30. The summed E-state index contributed by atoms with van der Waals surface area (Å²) in [5.74, 6) is -0.606. The number of benzene rings is 1. The lowest BCUT2D eigenvalue weighted by Gasteiger charge is -2.08. The lowest BCUT2D eigenvalue weighted by Crippen LogP contribution is -2.10. The van der Waals surface area contributed by atoms with Crippen molar-refractivity contribution in [3.8, 4) is 10.8 Å². The second-order valence-electron chi connectivity index (χ2n) is 4.09. The molecule has 1 aromatic heterocycles. The molecule has 2 aromatic rings. The second-order valence-corrected chi connectivity index (χ2v) is 5.14. The number of ether oxygens (including phenoxy) is 1. The summed E-state index contributed by atoms with van der Waals surface area (Å²) in [5, 5.41) is 0.340. The van der Waals surface area contributed by atoms with Gasteiger partial charge in [-0.25, -0.2) is 0 Å². The van der Waals surface area contributed by atoms with Crippen LogP contribution in [0.25, 0.3) is 5.57 Å². The summed E-state index contributed by atoms with van der Waals surface area (Å²) in [5.41, 5.74) is 4.43. The predicted molar refractivity (Wildman–Crippen MR) is 74.1 cm³/mol. The highest BCUT2D eigenvalue weighted by Crippen LogP contribution is 2.35. The van der Waals surface area contributed by atoms with Crippen LogP contribution < -0.4 is 10.5 Å². The Morgan fingerprint density at radius 3 is 2.57 bits per heavy atom. The van der Waals surface area contributed by atoms with Crippen LogP contribution in [0.4, 0.5) is 13.2 Å². The van der Waals surface area contributed by atoms with Crippen LogP contribution in [0.15, 0.2) is 43.0 Å². The van der Waals surface area contributed by atoms with Gasteiger partial charge in [-0.1, -0.05) is 24.0 Å². The van der Waals surface area contributed by atoms with Crippen molar-refractivity contribution in [2.45, 2.75) is 6.18 Å². The summed E-state index contributed by atoms with van der Waals surface area (Å²) in [4.78, 5) is 11.5. The summed E-state index contributed by atoms with van der Waals surface area (Å²) in [7, 11) is 0. The zero-order valence-corrected chi connectivity index (χ0v) is 11.4. The van der Waals surface area contributed by atoms with Crippen molar-refractivity contribution in [3.63, 3.8) is 0 Å². The third-order valence-corrected chi connectivity index (χ3v) is 3.58. The largest absolute Gasteiger partial charge is 0.447 e. The Hall–Kier alpha value is -2.28. The van der Waals surface area contributed by atoms with Crippen molar-refractivity contribution < 1.29 is 22.7 Å². The number of primary amides is 1. The van der Waals surface area contributed by atoms with E-state index in [4.69, 9.17) is 10.5 Å². The van der Waals surface area contributed by atoms with Gasteiger partial charge in [-0.2, -0.15) is 13.2 Å². The first-order valence-corrected chi connectivity index (χ1v) is 6.53. The van der Waals surface area contributed by atoms with Gasteiger partial charge in [0.1, 0.15) is 5.75 Å². The summed E-state index contributed by atoms with van der Waals surface area (Å²) < 4.78 is 43.1. The number of hydrogen-bond acceptors (Lipinski definition) is 3. The normalized spacial score (nSPS) is 11.2. The molecule has 110 valence electrons. The van der Waals surface area contributed by atoms with E-state index in [0.717, 1.165) is 23.5 Å². The van der Waals surface area contributed by atoms with E-state index in [-0.39, 0.29) is 11.3 Å². The van der Waals surface area contributed by atoms with Crippen molar-refractivity contribution in [3.05, 3.63) is 53.4 Å². The zero-order chi connectivity index (χ0) is 15.6. The molecule has 0 aliphatic rings. The van der Waals surface area contributed by atoms with Gasteiger partial charge in [0.05, 0.1) is 5.56 Å². The molecule has 2 N–H and O–H groups in total. The molecule has 0 saturated carbocycles. The van der Waals surface area contributed by atoms with Gasteiger partial charge in [0.25, 0.3) is 0 Å². The average Bonchev–Trinajstić information content (AvgIpc) is 2.85. The lowest BCUT2D eigenvalue weighted by molar-refractivity contribution is -0.137. The Balaban J connectivity index is 2.19. The molecule has 3 nitrogen and oxygen atoms in total. The maximum Gasteiger partial charge on any atom is 0.416 e. The molecular formula is C14H10F3NO2S. The highest BCUT2D eigenvalue weighted by molar-refractivity contribution is 7.15. The first kappa shape index (κ1) is 15.1. The summed E-state index contributed by atoms with van der Waals surface area (Å²) in [6.07, 6.45) is -4.43. The molecule has 0 spiro atoms. The Morgan fingerprint density at radius 1 is 1.24 bits per heavy atom. The number of thiophene rings is 1. The number of rotatable bonds is 4. The summed E-state index contributed by atoms with van der Waals surface area (Å²) in [6.45, 7) is 3.52. The maximum atomic E-state index is 12.6. The quantitative estimate of drug-likeness (QED) is 0.866. The third kappa shape index (κ3) is 3.63. The SMILES string of the molecule is C=C(C(N)=O)c1ccc(Oc2cccc(C(F)(F)F)c2)s1. The van der Waals surface area contributed by atoms with Gasteiger partial charge >= 0.3 is 6.18 Å². The van der Waals surface area contributed by atoms with E-state index >= 15 is 0 Å². The molecule has 21 heavy (non-hydrogen) atoms. The van der Waals surface area contributed by atoms with Gasteiger partial charge in [-0.3, -0.25) is 4.79 Å². The Bertz CT molecular complexity index is 692. The van der Waals surface area contributed by atoms with Crippen LogP contribution in [0.1, 0.15) is 10.4 Å². The van der Waals surface area contributed by atoms with Crippen LogP contribution in [0.2, 0.25) is 0 Å². The molecule has 0 aliphatic heterocycles. The molecule has 1 aromatic carbocycles. The van der Waals surface area contributed by atoms with Crippen LogP contribution in [0, 0.1) is 0 Å². The van der Waals surface area contributed by atoms with E-state index < -0.39 is 17.6 Å². The number of halogens is 3. The lowest BCUT2D eigenvalue weighted by atomic mass is 10.2. The highest BCUT2D eigenvalue weighted by atomic mass is 32.1. The number of nitrogens with two attached hydrogens (primary N) is 1. The third-order valence-electron chi connectivity index (χ3n) is 2.56. The fourth-order valence-corrected chi connectivity index (χ4v) is 2.36. The van der Waals surface area contributed by atoms with Crippen LogP contribution in [-0.4, -0.2) is 5.91 Å². The minimum Gasteiger partial charge on any atom is -0.447 e. The van der Waals surface area contributed by atoms with E-state index in [1.54, 1.807) is 6.07 Å². The molecule has 1 amide bonds. The van der Waals surface area contributed by atoms with E-state index in [9.17, 15) is 18.0 Å². The molecule has 0 saturated heterocycles. The first-order valence-electron chi connectivity index (χ1n) is 5.71. The van der Waals surface area contributed by atoms with E-state index in [2.05, 4.69) is 6.58 Å². The van der Waals surface area contributed by atoms with Gasteiger partial charge in [-0.05, 0) is 30.3 Å². The Morgan fingerprint density at radius 2 is 1.95 bits per heavy atom. The number of carbonyl (C=O) groups is 1. The molecule has 1 heterocycles. The van der Waals surface area contributed by atoms with E-state index in [1.165, 1.54) is 18.2 Å². The first-order chi connectivity index (χ1) is 9.77. The minimum absolute atomic E-state index is 0.0583. The monoisotopic (exact) mass is 313 g/mol. The van der Waals surface area contributed by atoms with Crippen LogP contribution >= 0.6 is 11.3 Å². The minimum atomic E-state index is -4.43. The summed E-state index contributed by atoms with van der Waals surface area (Å²) >= 11 is 1.07. The summed E-state index contributed by atoms with van der Waals surface area (Å²) in [6, 6.07) is 7.64. The maximum absolute atomic E-state index is 12.6. The Kier molecular flexibility index (Phi) is 4.04. The fourth-order valence-electron chi connectivity index (χ4n) is 1.51. The fraction of sp³-hybridized carbons (Fsp3) is 0.0714.